The predicted molar refractivity (Wildman–Crippen MR) is 239 cm³/mol. The van der Waals surface area contributed by atoms with Crippen molar-refractivity contribution >= 4 is 106 Å². The second-order valence-electron chi connectivity index (χ2n) is 14.5. The molecule has 8 aromatic carbocycles. The van der Waals surface area contributed by atoms with Crippen LogP contribution < -0.4 is 31.8 Å². The van der Waals surface area contributed by atoms with Gasteiger partial charge in [-0.25, -0.2) is 4.98 Å². The fourth-order valence-electron chi connectivity index (χ4n) is 8.56. The molecule has 0 spiro atoms. The number of imidazole rings is 1. The van der Waals surface area contributed by atoms with Crippen LogP contribution in [0.15, 0.2) is 200 Å². The molecule has 0 fully saturated rings. The summed E-state index contributed by atoms with van der Waals surface area (Å²) in [7, 11) is -6.90. The molecule has 11 rings (SSSR count). The molecule has 3 aromatic heterocycles. The highest BCUT2D eigenvalue weighted by Gasteiger charge is 2.35. The van der Waals surface area contributed by atoms with Crippen molar-refractivity contribution in [3.8, 4) is 0 Å². The zero-order valence-electron chi connectivity index (χ0n) is 30.6. The largest absolute Gasteiger partial charge is 0.309 e. The topological polar surface area (TPSA) is 64.3 Å². The summed E-state index contributed by atoms with van der Waals surface area (Å²) in [6.07, 6.45) is 1.77. The Hall–Kier alpha value is -6.64. The molecular formula is C50H33N3O2P2. The lowest BCUT2D eigenvalue weighted by Gasteiger charge is -2.21. The van der Waals surface area contributed by atoms with E-state index in [1.54, 1.807) is 6.20 Å². The molecule has 0 saturated heterocycles. The van der Waals surface area contributed by atoms with Gasteiger partial charge in [-0.15, -0.1) is 0 Å². The second-order valence-corrected chi connectivity index (χ2v) is 20.0. The van der Waals surface area contributed by atoms with Crippen molar-refractivity contribution in [2.75, 3.05) is 0 Å². The smallest absolute Gasteiger partial charge is 0.174 e. The van der Waals surface area contributed by atoms with E-state index in [4.69, 9.17) is 9.97 Å². The number of pyridine rings is 2. The molecule has 0 radical (unpaired) electrons. The molecule has 0 aliphatic carbocycles. The summed E-state index contributed by atoms with van der Waals surface area (Å²) < 4.78 is 34.3. The Morgan fingerprint density at radius 2 is 1.02 bits per heavy atom. The van der Waals surface area contributed by atoms with Crippen LogP contribution in [0.4, 0.5) is 0 Å². The highest BCUT2D eigenvalue weighted by Crippen LogP contribution is 2.47. The van der Waals surface area contributed by atoms with Crippen molar-refractivity contribution in [2.24, 2.45) is 0 Å². The molecule has 0 saturated carbocycles. The van der Waals surface area contributed by atoms with Gasteiger partial charge in [0.15, 0.2) is 14.3 Å². The maximum atomic E-state index is 16.5. The maximum absolute atomic E-state index is 16.5. The van der Waals surface area contributed by atoms with Crippen molar-refractivity contribution < 1.29 is 9.13 Å². The van der Waals surface area contributed by atoms with Crippen LogP contribution in [0.5, 0.6) is 0 Å². The zero-order valence-corrected chi connectivity index (χ0v) is 32.4. The molecule has 57 heavy (non-hydrogen) atoms. The van der Waals surface area contributed by atoms with E-state index in [1.807, 2.05) is 140 Å². The van der Waals surface area contributed by atoms with Crippen LogP contribution in [0, 0.1) is 0 Å². The van der Waals surface area contributed by atoms with Gasteiger partial charge in [0.2, 0.25) is 0 Å². The minimum absolute atomic E-state index is 0.642. The molecule has 11 aromatic rings. The van der Waals surface area contributed by atoms with E-state index in [0.717, 1.165) is 64.8 Å². The van der Waals surface area contributed by atoms with Gasteiger partial charge in [-0.3, -0.25) is 9.38 Å². The fourth-order valence-corrected chi connectivity index (χ4v) is 14.0. The maximum Gasteiger partial charge on any atom is 0.174 e. The first-order valence-electron chi connectivity index (χ1n) is 18.9. The van der Waals surface area contributed by atoms with E-state index in [1.165, 1.54) is 0 Å². The molecular weight excluding hydrogens is 737 g/mol. The van der Waals surface area contributed by atoms with Gasteiger partial charge in [-0.2, -0.15) is 0 Å². The second kappa shape index (κ2) is 13.0. The number of rotatable bonds is 6. The van der Waals surface area contributed by atoms with Gasteiger partial charge < -0.3 is 9.13 Å². The molecule has 270 valence electrons. The van der Waals surface area contributed by atoms with Crippen LogP contribution in [0.1, 0.15) is 0 Å². The highest BCUT2D eigenvalue weighted by atomic mass is 31.2. The third-order valence-electron chi connectivity index (χ3n) is 11.3. The SMILES string of the molecule is O=P(c1ccccc1)(c1ccccc1)c1ccc2c3ccccc3n3c4cccc(P(=O)(c5ccc6ccccc6c5)c5cnc6ccccc6c5)c4nc3c2c1. The molecule has 0 N–H and O–H groups in total. The Kier molecular flexibility index (Phi) is 7.66. The van der Waals surface area contributed by atoms with E-state index in [-0.39, 0.29) is 0 Å². The first-order valence-corrected chi connectivity index (χ1v) is 22.4. The third-order valence-corrected chi connectivity index (χ3v) is 17.4. The van der Waals surface area contributed by atoms with Crippen LogP contribution >= 0.6 is 14.3 Å². The van der Waals surface area contributed by atoms with E-state index in [9.17, 15) is 0 Å². The monoisotopic (exact) mass is 769 g/mol. The lowest BCUT2D eigenvalue weighted by molar-refractivity contribution is 0.591. The Bertz CT molecular complexity index is 3360. The molecule has 3 heterocycles. The highest BCUT2D eigenvalue weighted by molar-refractivity contribution is 7.86. The van der Waals surface area contributed by atoms with E-state index >= 15 is 9.13 Å². The van der Waals surface area contributed by atoms with Crippen molar-refractivity contribution in [1.29, 1.82) is 0 Å². The van der Waals surface area contributed by atoms with Gasteiger partial charge in [-0.1, -0.05) is 152 Å². The minimum atomic E-state index is -3.61. The van der Waals surface area contributed by atoms with Crippen molar-refractivity contribution in [3.63, 3.8) is 0 Å². The van der Waals surface area contributed by atoms with Crippen molar-refractivity contribution in [3.05, 3.63) is 200 Å². The van der Waals surface area contributed by atoms with Crippen LogP contribution in [-0.2, 0) is 9.13 Å². The summed E-state index contributed by atoms with van der Waals surface area (Å²) in [5.74, 6) is 0. The van der Waals surface area contributed by atoms with Gasteiger partial charge in [-0.05, 0) is 58.6 Å². The van der Waals surface area contributed by atoms with Crippen LogP contribution in [-0.4, -0.2) is 14.4 Å². The number of hydrogen-bond donors (Lipinski definition) is 0. The molecule has 5 nitrogen and oxygen atoms in total. The molecule has 0 aliphatic rings. The summed E-state index contributed by atoms with van der Waals surface area (Å²) in [6.45, 7) is 0. The van der Waals surface area contributed by atoms with Gasteiger partial charge in [0.25, 0.3) is 0 Å². The Morgan fingerprint density at radius 3 is 1.81 bits per heavy atom. The number of fused-ring (bicyclic) bond motifs is 10. The fraction of sp³-hybridized carbons (Fsp3) is 0. The molecule has 0 amide bonds. The average Bonchev–Trinajstić information content (AvgIpc) is 3.69. The number of nitrogens with zero attached hydrogens (tertiary/aromatic N) is 3. The van der Waals surface area contributed by atoms with E-state index in [0.29, 0.717) is 27.1 Å². The first-order chi connectivity index (χ1) is 28.0. The van der Waals surface area contributed by atoms with Gasteiger partial charge >= 0.3 is 0 Å². The molecule has 1 atom stereocenters. The normalized spacial score (nSPS) is 13.2. The standard InChI is InChI=1S/C50H33N3O2P2/c54-56(37-17-3-1-4-18-37,38-19-5-2-6-20-38)40-28-29-42-43-21-10-12-23-46(43)53-47-24-13-25-48(49(47)52-50(53)44(42)32-40)57(55,39-27-26-34-14-7-8-15-35(34)30-39)41-31-36-16-9-11-22-45(36)51-33-41/h1-33H. The predicted octanol–water partition coefficient (Wildman–Crippen LogP) is 9.77. The zero-order chi connectivity index (χ0) is 38.1. The van der Waals surface area contributed by atoms with E-state index in [2.05, 4.69) is 59.0 Å². The van der Waals surface area contributed by atoms with E-state index < -0.39 is 14.3 Å². The third kappa shape index (κ3) is 5.10. The Balaban J connectivity index is 1.24. The summed E-state index contributed by atoms with van der Waals surface area (Å²) >= 11 is 0. The quantitative estimate of drug-likeness (QED) is 0.125. The molecule has 0 aliphatic heterocycles. The van der Waals surface area contributed by atoms with Crippen molar-refractivity contribution in [1.82, 2.24) is 14.4 Å². The summed E-state index contributed by atoms with van der Waals surface area (Å²) in [5, 5.41) is 10.2. The molecule has 1 unspecified atom stereocenters. The Morgan fingerprint density at radius 1 is 0.404 bits per heavy atom. The summed E-state index contributed by atoms with van der Waals surface area (Å²) in [5.41, 5.74) is 4.03. The summed E-state index contributed by atoms with van der Waals surface area (Å²) in [4.78, 5) is 10.3. The lowest BCUT2D eigenvalue weighted by atomic mass is 10.1. The van der Waals surface area contributed by atoms with Crippen LogP contribution in [0.3, 0.4) is 0 Å². The van der Waals surface area contributed by atoms with Crippen LogP contribution in [0.2, 0.25) is 0 Å². The summed E-state index contributed by atoms with van der Waals surface area (Å²) in [6, 6.07) is 64.2. The number of hydrogen-bond acceptors (Lipinski definition) is 4. The number of aromatic nitrogens is 3. The first kappa shape index (κ1) is 33.7. The van der Waals surface area contributed by atoms with Crippen LogP contribution in [0.25, 0.3) is 60.0 Å². The van der Waals surface area contributed by atoms with Crippen molar-refractivity contribution in [2.45, 2.75) is 0 Å². The number of para-hydroxylation sites is 3. The molecule has 0 bridgehead atoms. The van der Waals surface area contributed by atoms with Gasteiger partial charge in [0.1, 0.15) is 11.2 Å². The van der Waals surface area contributed by atoms with Gasteiger partial charge in [0.05, 0.1) is 16.6 Å². The minimum Gasteiger partial charge on any atom is -0.309 e. The average molecular weight is 770 g/mol. The number of benzene rings is 8. The lowest BCUT2D eigenvalue weighted by Crippen LogP contribution is -2.26. The molecule has 7 heteroatoms. The van der Waals surface area contributed by atoms with Gasteiger partial charge in [0, 0.05) is 54.2 Å². The Labute approximate surface area is 328 Å².